The molecule has 0 heterocycles. The summed E-state index contributed by atoms with van der Waals surface area (Å²) in [7, 11) is 3.12. The molecule has 0 bridgehead atoms. The molecule has 0 unspecified atom stereocenters. The van der Waals surface area contributed by atoms with E-state index in [1.165, 1.54) is 0 Å². The average molecular weight is 295 g/mol. The minimum atomic E-state index is -0.362. The molecule has 0 spiro atoms. The second kappa shape index (κ2) is 8.84. The number of hydrogen-bond donors (Lipinski definition) is 1. The number of rotatable bonds is 8. The Bertz CT molecular complexity index is 487. The SMILES string of the molecule is CCOC(=O)CCC(=O)NCc1ccc(OC)c(OC)c1. The number of nitrogens with one attached hydrogen (secondary N) is 1. The molecule has 1 N–H and O–H groups in total. The molecular weight excluding hydrogens is 274 g/mol. The van der Waals surface area contributed by atoms with Gasteiger partial charge in [0, 0.05) is 13.0 Å². The third kappa shape index (κ3) is 5.72. The van der Waals surface area contributed by atoms with E-state index in [4.69, 9.17) is 14.2 Å². The first-order valence-electron chi connectivity index (χ1n) is 6.74. The van der Waals surface area contributed by atoms with Gasteiger partial charge in [-0.1, -0.05) is 6.07 Å². The summed E-state index contributed by atoms with van der Waals surface area (Å²) in [5.74, 6) is 0.683. The standard InChI is InChI=1S/C15H21NO5/c1-4-21-15(18)8-7-14(17)16-10-11-5-6-12(19-2)13(9-11)20-3/h5-6,9H,4,7-8,10H2,1-3H3,(H,16,17). The van der Waals surface area contributed by atoms with Gasteiger partial charge in [-0.15, -0.1) is 0 Å². The Morgan fingerprint density at radius 2 is 1.81 bits per heavy atom. The fraction of sp³-hybridized carbons (Fsp3) is 0.467. The van der Waals surface area contributed by atoms with Crippen molar-refractivity contribution < 1.29 is 23.8 Å². The zero-order chi connectivity index (χ0) is 15.7. The predicted octanol–water partition coefficient (Wildman–Crippen LogP) is 1.66. The van der Waals surface area contributed by atoms with Gasteiger partial charge in [-0.25, -0.2) is 0 Å². The van der Waals surface area contributed by atoms with E-state index < -0.39 is 0 Å². The first kappa shape index (κ1) is 16.8. The van der Waals surface area contributed by atoms with E-state index in [1.54, 1.807) is 33.3 Å². The Hall–Kier alpha value is -2.24. The van der Waals surface area contributed by atoms with Crippen LogP contribution in [0.1, 0.15) is 25.3 Å². The summed E-state index contributed by atoms with van der Waals surface area (Å²) in [6.45, 7) is 2.42. The van der Waals surface area contributed by atoms with Crippen LogP contribution in [-0.4, -0.2) is 32.7 Å². The van der Waals surface area contributed by atoms with Crippen LogP contribution >= 0.6 is 0 Å². The van der Waals surface area contributed by atoms with Gasteiger partial charge >= 0.3 is 5.97 Å². The number of amides is 1. The van der Waals surface area contributed by atoms with Crippen molar-refractivity contribution in [3.8, 4) is 11.5 Å². The zero-order valence-electron chi connectivity index (χ0n) is 12.6. The van der Waals surface area contributed by atoms with Crippen LogP contribution in [0.15, 0.2) is 18.2 Å². The van der Waals surface area contributed by atoms with Crippen molar-refractivity contribution in [3.63, 3.8) is 0 Å². The van der Waals surface area contributed by atoms with E-state index >= 15 is 0 Å². The molecule has 1 amide bonds. The predicted molar refractivity (Wildman–Crippen MR) is 77.3 cm³/mol. The van der Waals surface area contributed by atoms with Crippen molar-refractivity contribution in [2.45, 2.75) is 26.3 Å². The van der Waals surface area contributed by atoms with Crippen molar-refractivity contribution in [2.24, 2.45) is 0 Å². The van der Waals surface area contributed by atoms with E-state index in [1.807, 2.05) is 6.07 Å². The van der Waals surface area contributed by atoms with Crippen molar-refractivity contribution in [3.05, 3.63) is 23.8 Å². The highest BCUT2D eigenvalue weighted by Crippen LogP contribution is 2.27. The lowest BCUT2D eigenvalue weighted by Crippen LogP contribution is -2.23. The van der Waals surface area contributed by atoms with Gasteiger partial charge in [0.25, 0.3) is 0 Å². The molecule has 21 heavy (non-hydrogen) atoms. The Kier molecular flexibility index (Phi) is 7.08. The highest BCUT2D eigenvalue weighted by molar-refractivity contribution is 5.81. The normalized spacial score (nSPS) is 9.86. The number of hydrogen-bond acceptors (Lipinski definition) is 5. The number of ether oxygens (including phenoxy) is 3. The maximum atomic E-state index is 11.6. The summed E-state index contributed by atoms with van der Waals surface area (Å²) >= 11 is 0. The second-order valence-electron chi connectivity index (χ2n) is 4.27. The lowest BCUT2D eigenvalue weighted by atomic mass is 10.2. The minimum absolute atomic E-state index is 0.0889. The van der Waals surface area contributed by atoms with Gasteiger partial charge in [-0.05, 0) is 24.6 Å². The second-order valence-corrected chi connectivity index (χ2v) is 4.27. The zero-order valence-corrected chi connectivity index (χ0v) is 12.6. The highest BCUT2D eigenvalue weighted by Gasteiger charge is 2.08. The summed E-state index contributed by atoms with van der Waals surface area (Å²) in [6.07, 6.45) is 0.206. The molecule has 0 saturated carbocycles. The van der Waals surface area contributed by atoms with Crippen LogP contribution in [0.3, 0.4) is 0 Å². The van der Waals surface area contributed by atoms with E-state index in [9.17, 15) is 9.59 Å². The molecule has 6 heteroatoms. The first-order chi connectivity index (χ1) is 10.1. The van der Waals surface area contributed by atoms with Gasteiger partial charge in [0.1, 0.15) is 0 Å². The molecule has 0 radical (unpaired) electrons. The number of esters is 1. The molecule has 0 fully saturated rings. The van der Waals surface area contributed by atoms with Gasteiger partial charge in [0.05, 0.1) is 27.2 Å². The largest absolute Gasteiger partial charge is 0.493 e. The monoisotopic (exact) mass is 295 g/mol. The fourth-order valence-corrected chi connectivity index (χ4v) is 1.73. The molecule has 6 nitrogen and oxygen atoms in total. The van der Waals surface area contributed by atoms with Crippen LogP contribution in [0, 0.1) is 0 Å². The van der Waals surface area contributed by atoms with Crippen molar-refractivity contribution >= 4 is 11.9 Å². The third-order valence-electron chi connectivity index (χ3n) is 2.80. The quantitative estimate of drug-likeness (QED) is 0.738. The molecule has 0 aliphatic heterocycles. The lowest BCUT2D eigenvalue weighted by molar-refractivity contribution is -0.144. The molecule has 1 rings (SSSR count). The number of carbonyl (C=O) groups is 2. The fourth-order valence-electron chi connectivity index (χ4n) is 1.73. The summed E-state index contributed by atoms with van der Waals surface area (Å²) in [5.41, 5.74) is 0.886. The van der Waals surface area contributed by atoms with E-state index in [0.29, 0.717) is 24.7 Å². The molecule has 0 aliphatic rings. The van der Waals surface area contributed by atoms with E-state index in [-0.39, 0.29) is 24.7 Å². The Morgan fingerprint density at radius 1 is 1.10 bits per heavy atom. The van der Waals surface area contributed by atoms with E-state index in [2.05, 4.69) is 5.32 Å². The van der Waals surface area contributed by atoms with Gasteiger partial charge in [0.2, 0.25) is 5.91 Å². The summed E-state index contributed by atoms with van der Waals surface area (Å²) in [6, 6.07) is 5.41. The van der Waals surface area contributed by atoms with Gasteiger partial charge in [-0.3, -0.25) is 9.59 Å². The molecule has 0 aromatic heterocycles. The Labute approximate surface area is 124 Å². The summed E-state index contributed by atoms with van der Waals surface area (Å²) in [4.78, 5) is 22.8. The molecule has 1 aromatic rings. The molecule has 0 aliphatic carbocycles. The molecule has 116 valence electrons. The Morgan fingerprint density at radius 3 is 2.43 bits per heavy atom. The molecule has 0 atom stereocenters. The Balaban J connectivity index is 2.44. The molecule has 1 aromatic carbocycles. The van der Waals surface area contributed by atoms with E-state index in [0.717, 1.165) is 5.56 Å². The van der Waals surface area contributed by atoms with Crippen LogP contribution < -0.4 is 14.8 Å². The van der Waals surface area contributed by atoms with Gasteiger partial charge < -0.3 is 19.5 Å². The smallest absolute Gasteiger partial charge is 0.306 e. The van der Waals surface area contributed by atoms with Crippen molar-refractivity contribution in [2.75, 3.05) is 20.8 Å². The molecular formula is C15H21NO5. The van der Waals surface area contributed by atoms with Gasteiger partial charge in [0.15, 0.2) is 11.5 Å². The number of benzene rings is 1. The van der Waals surface area contributed by atoms with Crippen LogP contribution in [-0.2, 0) is 20.9 Å². The maximum absolute atomic E-state index is 11.6. The number of methoxy groups -OCH3 is 2. The number of carbonyl (C=O) groups excluding carboxylic acids is 2. The third-order valence-corrected chi connectivity index (χ3v) is 2.80. The minimum Gasteiger partial charge on any atom is -0.493 e. The van der Waals surface area contributed by atoms with Crippen LogP contribution in [0.4, 0.5) is 0 Å². The summed E-state index contributed by atoms with van der Waals surface area (Å²) in [5, 5.41) is 2.74. The van der Waals surface area contributed by atoms with Crippen molar-refractivity contribution in [1.29, 1.82) is 0 Å². The lowest BCUT2D eigenvalue weighted by Gasteiger charge is -2.10. The summed E-state index contributed by atoms with van der Waals surface area (Å²) < 4.78 is 15.1. The van der Waals surface area contributed by atoms with Crippen LogP contribution in [0.2, 0.25) is 0 Å². The highest BCUT2D eigenvalue weighted by atomic mass is 16.5. The average Bonchev–Trinajstić information content (AvgIpc) is 2.50. The van der Waals surface area contributed by atoms with Crippen LogP contribution in [0.5, 0.6) is 11.5 Å². The molecule has 0 saturated heterocycles. The van der Waals surface area contributed by atoms with Crippen molar-refractivity contribution in [1.82, 2.24) is 5.32 Å². The maximum Gasteiger partial charge on any atom is 0.306 e. The van der Waals surface area contributed by atoms with Gasteiger partial charge in [-0.2, -0.15) is 0 Å². The topological polar surface area (TPSA) is 73.9 Å². The first-order valence-corrected chi connectivity index (χ1v) is 6.74. The van der Waals surface area contributed by atoms with Crippen LogP contribution in [0.25, 0.3) is 0 Å².